The van der Waals surface area contributed by atoms with Crippen LogP contribution in [0, 0.1) is 5.41 Å². The van der Waals surface area contributed by atoms with Crippen LogP contribution in [-0.2, 0) is 9.53 Å². The number of thioether (sulfide) groups is 1. The molecule has 0 bridgehead atoms. The van der Waals surface area contributed by atoms with Crippen LogP contribution >= 0.6 is 11.8 Å². The van der Waals surface area contributed by atoms with Crippen molar-refractivity contribution < 1.29 is 14.3 Å². The van der Waals surface area contributed by atoms with Gasteiger partial charge in [0.1, 0.15) is 6.29 Å². The number of benzene rings is 1. The molecule has 0 aromatic heterocycles. The lowest BCUT2D eigenvalue weighted by Gasteiger charge is -2.12. The predicted octanol–water partition coefficient (Wildman–Crippen LogP) is 2.93. The van der Waals surface area contributed by atoms with Gasteiger partial charge in [-0.05, 0) is 30.4 Å². The average Bonchev–Trinajstić information content (AvgIpc) is 3.17. The van der Waals surface area contributed by atoms with Gasteiger partial charge >= 0.3 is 5.97 Å². The Kier molecular flexibility index (Phi) is 4.07. The van der Waals surface area contributed by atoms with Gasteiger partial charge in [-0.1, -0.05) is 12.1 Å². The molecule has 3 nitrogen and oxygen atoms in total. The number of ether oxygens (including phenoxy) is 1. The molecular weight excluding hydrogens is 248 g/mol. The largest absolute Gasteiger partial charge is 0.469 e. The number of hydrogen-bond acceptors (Lipinski definition) is 4. The van der Waals surface area contributed by atoms with Crippen molar-refractivity contribution in [3.8, 4) is 0 Å². The molecule has 0 aliphatic heterocycles. The van der Waals surface area contributed by atoms with Crippen LogP contribution in [-0.4, -0.2) is 25.1 Å². The summed E-state index contributed by atoms with van der Waals surface area (Å²) in [5.74, 6) is 0.812. The van der Waals surface area contributed by atoms with E-state index < -0.39 is 0 Å². The van der Waals surface area contributed by atoms with Crippen LogP contribution in [0.25, 0.3) is 0 Å². The fourth-order valence-electron chi connectivity index (χ4n) is 1.81. The molecular formula is C14H16O3S. The van der Waals surface area contributed by atoms with Crippen molar-refractivity contribution in [2.75, 3.05) is 12.9 Å². The van der Waals surface area contributed by atoms with Crippen molar-refractivity contribution in [1.82, 2.24) is 0 Å². The second kappa shape index (κ2) is 5.57. The van der Waals surface area contributed by atoms with Gasteiger partial charge in [-0.25, -0.2) is 0 Å². The molecule has 0 amide bonds. The third-order valence-corrected chi connectivity index (χ3v) is 4.63. The van der Waals surface area contributed by atoms with Crippen LogP contribution in [0.3, 0.4) is 0 Å². The van der Waals surface area contributed by atoms with E-state index in [1.54, 1.807) is 11.8 Å². The zero-order chi connectivity index (χ0) is 13.0. The van der Waals surface area contributed by atoms with Crippen molar-refractivity contribution in [2.45, 2.75) is 24.2 Å². The number of esters is 1. The molecule has 1 saturated carbocycles. The van der Waals surface area contributed by atoms with Crippen LogP contribution in [0.2, 0.25) is 0 Å². The van der Waals surface area contributed by atoms with Crippen LogP contribution < -0.4 is 0 Å². The number of carbonyl (C=O) groups is 2. The fourth-order valence-corrected chi connectivity index (χ4v) is 3.00. The van der Waals surface area contributed by atoms with E-state index in [4.69, 9.17) is 4.74 Å². The first-order valence-corrected chi connectivity index (χ1v) is 6.91. The summed E-state index contributed by atoms with van der Waals surface area (Å²) in [5, 5.41) is 0. The molecule has 0 spiro atoms. The monoisotopic (exact) mass is 264 g/mol. The van der Waals surface area contributed by atoms with Crippen molar-refractivity contribution in [3.05, 3.63) is 29.8 Å². The minimum absolute atomic E-state index is 0.121. The van der Waals surface area contributed by atoms with Crippen molar-refractivity contribution >= 4 is 24.0 Å². The highest BCUT2D eigenvalue weighted by atomic mass is 32.2. The standard InChI is InChI=1S/C14H16O3S/c1-17-13(16)8-14(6-7-14)10-18-12-4-2-11(9-15)3-5-12/h2-5,9H,6-8,10H2,1H3. The normalized spacial score (nSPS) is 16.1. The third kappa shape index (κ3) is 3.35. The van der Waals surface area contributed by atoms with Crippen LogP contribution in [0.15, 0.2) is 29.2 Å². The average molecular weight is 264 g/mol. The van der Waals surface area contributed by atoms with E-state index in [9.17, 15) is 9.59 Å². The number of carbonyl (C=O) groups excluding carboxylic acids is 2. The molecule has 1 aliphatic rings. The maximum absolute atomic E-state index is 11.3. The van der Waals surface area contributed by atoms with Gasteiger partial charge in [-0.3, -0.25) is 9.59 Å². The molecule has 18 heavy (non-hydrogen) atoms. The van der Waals surface area contributed by atoms with E-state index in [1.807, 2.05) is 24.3 Å². The van der Waals surface area contributed by atoms with Gasteiger partial charge in [0, 0.05) is 16.2 Å². The van der Waals surface area contributed by atoms with Gasteiger partial charge in [0.15, 0.2) is 0 Å². The summed E-state index contributed by atoms with van der Waals surface area (Å²) >= 11 is 1.74. The molecule has 96 valence electrons. The van der Waals surface area contributed by atoms with Crippen molar-refractivity contribution in [1.29, 1.82) is 0 Å². The quantitative estimate of drug-likeness (QED) is 0.450. The third-order valence-electron chi connectivity index (χ3n) is 3.27. The van der Waals surface area contributed by atoms with E-state index in [-0.39, 0.29) is 11.4 Å². The first-order chi connectivity index (χ1) is 8.67. The molecule has 2 rings (SSSR count). The molecule has 1 aromatic rings. The molecule has 0 radical (unpaired) electrons. The van der Waals surface area contributed by atoms with E-state index in [1.165, 1.54) is 7.11 Å². The van der Waals surface area contributed by atoms with E-state index in [0.717, 1.165) is 29.8 Å². The van der Waals surface area contributed by atoms with Crippen molar-refractivity contribution in [3.63, 3.8) is 0 Å². The number of methoxy groups -OCH3 is 1. The smallest absolute Gasteiger partial charge is 0.306 e. The minimum Gasteiger partial charge on any atom is -0.469 e. The first-order valence-electron chi connectivity index (χ1n) is 5.92. The summed E-state index contributed by atoms with van der Waals surface area (Å²) < 4.78 is 4.72. The summed E-state index contributed by atoms with van der Waals surface area (Å²) in [6.45, 7) is 0. The number of aldehydes is 1. The van der Waals surface area contributed by atoms with E-state index in [0.29, 0.717) is 12.0 Å². The molecule has 4 heteroatoms. The Morgan fingerprint density at radius 2 is 2.06 bits per heavy atom. The molecule has 0 N–H and O–H groups in total. The molecule has 0 heterocycles. The summed E-state index contributed by atoms with van der Waals surface area (Å²) in [4.78, 5) is 23.0. The molecule has 0 saturated heterocycles. The Balaban J connectivity index is 1.87. The lowest BCUT2D eigenvalue weighted by Crippen LogP contribution is -2.12. The maximum Gasteiger partial charge on any atom is 0.306 e. The Morgan fingerprint density at radius 1 is 1.39 bits per heavy atom. The Labute approximate surface area is 111 Å². The Bertz CT molecular complexity index is 435. The molecule has 0 unspecified atom stereocenters. The van der Waals surface area contributed by atoms with Gasteiger partial charge in [0.05, 0.1) is 13.5 Å². The van der Waals surface area contributed by atoms with Gasteiger partial charge < -0.3 is 4.74 Å². The molecule has 1 aliphatic carbocycles. The highest BCUT2D eigenvalue weighted by Gasteiger charge is 2.44. The van der Waals surface area contributed by atoms with E-state index >= 15 is 0 Å². The SMILES string of the molecule is COC(=O)CC1(CSc2ccc(C=O)cc2)CC1. The van der Waals surface area contributed by atoms with Gasteiger partial charge in [-0.2, -0.15) is 0 Å². The lowest BCUT2D eigenvalue weighted by molar-refractivity contribution is -0.141. The van der Waals surface area contributed by atoms with Gasteiger partial charge in [0.25, 0.3) is 0 Å². The summed E-state index contributed by atoms with van der Waals surface area (Å²) in [7, 11) is 1.43. The molecule has 0 atom stereocenters. The van der Waals surface area contributed by atoms with Gasteiger partial charge in [-0.15, -0.1) is 11.8 Å². The molecule has 1 aromatic carbocycles. The van der Waals surface area contributed by atoms with E-state index in [2.05, 4.69) is 0 Å². The molecule has 1 fully saturated rings. The zero-order valence-electron chi connectivity index (χ0n) is 10.3. The van der Waals surface area contributed by atoms with Crippen LogP contribution in [0.4, 0.5) is 0 Å². The highest BCUT2D eigenvalue weighted by Crippen LogP contribution is 2.52. The van der Waals surface area contributed by atoms with Crippen LogP contribution in [0.5, 0.6) is 0 Å². The summed E-state index contributed by atoms with van der Waals surface area (Å²) in [6, 6.07) is 7.52. The minimum atomic E-state index is -0.121. The fraction of sp³-hybridized carbons (Fsp3) is 0.429. The predicted molar refractivity (Wildman–Crippen MR) is 70.9 cm³/mol. The summed E-state index contributed by atoms with van der Waals surface area (Å²) in [5.41, 5.74) is 0.830. The zero-order valence-corrected chi connectivity index (χ0v) is 11.2. The first kappa shape index (κ1) is 13.1. The topological polar surface area (TPSA) is 43.4 Å². The Morgan fingerprint density at radius 3 is 2.56 bits per heavy atom. The number of rotatable bonds is 6. The highest BCUT2D eigenvalue weighted by molar-refractivity contribution is 7.99. The Hall–Kier alpha value is -1.29. The lowest BCUT2D eigenvalue weighted by atomic mass is 10.1. The second-order valence-electron chi connectivity index (χ2n) is 4.73. The van der Waals surface area contributed by atoms with Gasteiger partial charge in [0.2, 0.25) is 0 Å². The maximum atomic E-state index is 11.3. The summed E-state index contributed by atoms with van der Waals surface area (Å²) in [6.07, 6.45) is 3.56. The second-order valence-corrected chi connectivity index (χ2v) is 5.78. The van der Waals surface area contributed by atoms with Crippen molar-refractivity contribution in [2.24, 2.45) is 5.41 Å². The number of hydrogen-bond donors (Lipinski definition) is 0. The van der Waals surface area contributed by atoms with Crippen LogP contribution in [0.1, 0.15) is 29.6 Å².